The highest BCUT2D eigenvalue weighted by molar-refractivity contribution is 7.91. The molecule has 11 heteroatoms. The van der Waals surface area contributed by atoms with E-state index in [4.69, 9.17) is 4.74 Å². The van der Waals surface area contributed by atoms with Gasteiger partial charge >= 0.3 is 5.97 Å². The number of hydrogen-bond acceptors (Lipinski definition) is 8. The van der Waals surface area contributed by atoms with Crippen LogP contribution in [0.2, 0.25) is 0 Å². The molecule has 0 N–H and O–H groups in total. The minimum absolute atomic E-state index is 0.0601. The van der Waals surface area contributed by atoms with Crippen molar-refractivity contribution >= 4 is 21.7 Å². The Hall–Kier alpha value is -2.82. The molecule has 1 amide bonds. The Bertz CT molecular complexity index is 960. The molecule has 3 rings (SSSR count). The van der Waals surface area contributed by atoms with Crippen LogP contribution in [0.4, 0.5) is 0 Å². The van der Waals surface area contributed by atoms with Gasteiger partial charge < -0.3 is 9.64 Å². The van der Waals surface area contributed by atoms with Crippen LogP contribution >= 0.6 is 0 Å². The van der Waals surface area contributed by atoms with Gasteiger partial charge in [-0.25, -0.2) is 13.2 Å². The fourth-order valence-electron chi connectivity index (χ4n) is 3.24. The van der Waals surface area contributed by atoms with Crippen LogP contribution in [0.15, 0.2) is 30.6 Å². The van der Waals surface area contributed by atoms with Crippen molar-refractivity contribution in [3.05, 3.63) is 36.2 Å². The third-order valence-electron chi connectivity index (χ3n) is 4.62. The van der Waals surface area contributed by atoms with Crippen LogP contribution in [-0.4, -0.2) is 75.6 Å². The second-order valence-electron chi connectivity index (χ2n) is 6.50. The molecular formula is C17H21N5O5S. The SMILES string of the molecule is CCN(C(=O)[C@H](C)OC(=O)c1ccccc1-n1cnnn1)[C@H]1CCS(=O)(=O)C1. The van der Waals surface area contributed by atoms with Crippen molar-refractivity contribution in [2.75, 3.05) is 18.1 Å². The summed E-state index contributed by atoms with van der Waals surface area (Å²) >= 11 is 0. The van der Waals surface area contributed by atoms with E-state index in [2.05, 4.69) is 15.5 Å². The molecule has 0 aliphatic carbocycles. The number of carbonyl (C=O) groups excluding carboxylic acids is 2. The fraction of sp³-hybridized carbons (Fsp3) is 0.471. The van der Waals surface area contributed by atoms with E-state index < -0.39 is 33.9 Å². The molecule has 1 aromatic heterocycles. The quantitative estimate of drug-likeness (QED) is 0.624. The number of benzene rings is 1. The van der Waals surface area contributed by atoms with Crippen molar-refractivity contribution in [1.82, 2.24) is 25.1 Å². The standard InChI is InChI=1S/C17H21N5O5S/c1-3-21(13-8-9-28(25,26)10-13)16(23)12(2)27-17(24)14-6-4-5-7-15(14)22-11-18-19-20-22/h4-7,11-13H,3,8-10H2,1-2H3/t12-,13-/m0/s1. The second kappa shape index (κ2) is 8.05. The van der Waals surface area contributed by atoms with E-state index in [1.807, 2.05) is 0 Å². The first-order valence-corrected chi connectivity index (χ1v) is 10.7. The lowest BCUT2D eigenvalue weighted by atomic mass is 10.1. The maximum Gasteiger partial charge on any atom is 0.341 e. The van der Waals surface area contributed by atoms with Gasteiger partial charge in [-0.15, -0.1) is 5.10 Å². The molecule has 1 aliphatic heterocycles. The van der Waals surface area contributed by atoms with Crippen molar-refractivity contribution in [2.24, 2.45) is 0 Å². The van der Waals surface area contributed by atoms with Crippen molar-refractivity contribution in [3.8, 4) is 5.69 Å². The summed E-state index contributed by atoms with van der Waals surface area (Å²) < 4.78 is 30.1. The highest BCUT2D eigenvalue weighted by Gasteiger charge is 2.36. The third kappa shape index (κ3) is 4.19. The summed E-state index contributed by atoms with van der Waals surface area (Å²) in [5.74, 6) is -1.11. The molecule has 2 aromatic rings. The predicted octanol–water partition coefficient (Wildman–Crippen LogP) is 0.243. The van der Waals surface area contributed by atoms with Crippen LogP contribution in [0.25, 0.3) is 5.69 Å². The summed E-state index contributed by atoms with van der Waals surface area (Å²) in [4.78, 5) is 26.9. The van der Waals surface area contributed by atoms with Gasteiger partial charge in [0.05, 0.1) is 22.8 Å². The van der Waals surface area contributed by atoms with E-state index in [1.54, 1.807) is 31.2 Å². The summed E-state index contributed by atoms with van der Waals surface area (Å²) in [6.07, 6.45) is 0.683. The summed E-state index contributed by atoms with van der Waals surface area (Å²) in [5, 5.41) is 10.9. The number of sulfone groups is 1. The van der Waals surface area contributed by atoms with Crippen LogP contribution in [0.3, 0.4) is 0 Å². The normalized spacial score (nSPS) is 19.1. The summed E-state index contributed by atoms with van der Waals surface area (Å²) in [5.41, 5.74) is 0.632. The topological polar surface area (TPSA) is 124 Å². The number of likely N-dealkylation sites (N-methyl/N-ethyl adjacent to an activating group) is 1. The van der Waals surface area contributed by atoms with Gasteiger partial charge in [0.15, 0.2) is 15.9 Å². The van der Waals surface area contributed by atoms with Crippen LogP contribution in [-0.2, 0) is 19.4 Å². The van der Waals surface area contributed by atoms with Crippen molar-refractivity contribution < 1.29 is 22.7 Å². The third-order valence-corrected chi connectivity index (χ3v) is 6.37. The highest BCUT2D eigenvalue weighted by Crippen LogP contribution is 2.20. The number of hydrogen-bond donors (Lipinski definition) is 0. The molecule has 150 valence electrons. The summed E-state index contributed by atoms with van der Waals surface area (Å²) in [7, 11) is -3.13. The minimum Gasteiger partial charge on any atom is -0.449 e. The Morgan fingerprint density at radius 1 is 1.36 bits per heavy atom. The number of carbonyl (C=O) groups is 2. The van der Waals surface area contributed by atoms with Gasteiger partial charge in [0.1, 0.15) is 6.33 Å². The molecule has 1 saturated heterocycles. The lowest BCUT2D eigenvalue weighted by molar-refractivity contribution is -0.141. The zero-order valence-corrected chi connectivity index (χ0v) is 16.4. The lowest BCUT2D eigenvalue weighted by Crippen LogP contribution is -2.46. The molecule has 1 aliphatic rings. The molecule has 10 nitrogen and oxygen atoms in total. The number of ether oxygens (including phenoxy) is 1. The molecular weight excluding hydrogens is 386 g/mol. The maximum absolute atomic E-state index is 12.8. The zero-order valence-electron chi connectivity index (χ0n) is 15.6. The molecule has 28 heavy (non-hydrogen) atoms. The summed E-state index contributed by atoms with van der Waals surface area (Å²) in [6, 6.07) is 6.20. The fourth-order valence-corrected chi connectivity index (χ4v) is 4.97. The Labute approximate surface area is 162 Å². The average Bonchev–Trinajstić information content (AvgIpc) is 3.32. The number of tetrazole rings is 1. The predicted molar refractivity (Wildman–Crippen MR) is 98.5 cm³/mol. The molecule has 2 atom stereocenters. The van der Waals surface area contributed by atoms with E-state index in [0.29, 0.717) is 18.7 Å². The Morgan fingerprint density at radius 3 is 2.71 bits per heavy atom. The van der Waals surface area contributed by atoms with Gasteiger partial charge in [-0.2, -0.15) is 4.68 Å². The number of amides is 1. The van der Waals surface area contributed by atoms with E-state index in [-0.39, 0.29) is 17.1 Å². The maximum atomic E-state index is 12.8. The van der Waals surface area contributed by atoms with Gasteiger partial charge in [0.2, 0.25) is 0 Å². The monoisotopic (exact) mass is 407 g/mol. The van der Waals surface area contributed by atoms with Gasteiger partial charge in [0.25, 0.3) is 5.91 Å². The first-order valence-electron chi connectivity index (χ1n) is 8.86. The van der Waals surface area contributed by atoms with Gasteiger partial charge in [-0.05, 0) is 42.8 Å². The summed E-state index contributed by atoms with van der Waals surface area (Å²) in [6.45, 7) is 3.58. The van der Waals surface area contributed by atoms with Crippen LogP contribution < -0.4 is 0 Å². The lowest BCUT2D eigenvalue weighted by Gasteiger charge is -2.29. The second-order valence-corrected chi connectivity index (χ2v) is 8.73. The van der Waals surface area contributed by atoms with Crippen LogP contribution in [0.5, 0.6) is 0 Å². The first kappa shape index (κ1) is 19.9. The van der Waals surface area contributed by atoms with Gasteiger partial charge in [0, 0.05) is 12.6 Å². The van der Waals surface area contributed by atoms with Crippen molar-refractivity contribution in [1.29, 1.82) is 0 Å². The Kier molecular flexibility index (Phi) is 5.73. The zero-order chi connectivity index (χ0) is 20.3. The molecule has 2 heterocycles. The van der Waals surface area contributed by atoms with Crippen molar-refractivity contribution in [3.63, 3.8) is 0 Å². The van der Waals surface area contributed by atoms with Crippen molar-refractivity contribution in [2.45, 2.75) is 32.4 Å². The molecule has 0 unspecified atom stereocenters. The molecule has 1 aromatic carbocycles. The van der Waals surface area contributed by atoms with Crippen LogP contribution in [0.1, 0.15) is 30.6 Å². The van der Waals surface area contributed by atoms with Gasteiger partial charge in [-0.1, -0.05) is 12.1 Å². The van der Waals surface area contributed by atoms with E-state index in [0.717, 1.165) is 0 Å². The molecule has 0 saturated carbocycles. The smallest absolute Gasteiger partial charge is 0.341 e. The first-order chi connectivity index (χ1) is 13.3. The number of nitrogens with zero attached hydrogens (tertiary/aromatic N) is 5. The van der Waals surface area contributed by atoms with Gasteiger partial charge in [-0.3, -0.25) is 4.79 Å². The minimum atomic E-state index is -3.13. The largest absolute Gasteiger partial charge is 0.449 e. The van der Waals surface area contributed by atoms with Crippen LogP contribution in [0, 0.1) is 0 Å². The van der Waals surface area contributed by atoms with E-state index in [1.165, 1.54) is 22.8 Å². The van der Waals surface area contributed by atoms with E-state index >= 15 is 0 Å². The number of para-hydroxylation sites is 1. The molecule has 0 radical (unpaired) electrons. The Morgan fingerprint density at radius 2 is 2.11 bits per heavy atom. The van der Waals surface area contributed by atoms with E-state index in [9.17, 15) is 18.0 Å². The number of aromatic nitrogens is 4. The molecule has 0 bridgehead atoms. The number of rotatable bonds is 6. The molecule has 0 spiro atoms. The highest BCUT2D eigenvalue weighted by atomic mass is 32.2. The molecule has 1 fully saturated rings. The number of esters is 1. The average molecular weight is 407 g/mol. The Balaban J connectivity index is 1.73.